The Kier molecular flexibility index (Phi) is 7.14. The highest BCUT2D eigenvalue weighted by Gasteiger charge is 2.25. The van der Waals surface area contributed by atoms with Gasteiger partial charge < -0.3 is 15.5 Å². The van der Waals surface area contributed by atoms with Gasteiger partial charge in [0.1, 0.15) is 0 Å². The van der Waals surface area contributed by atoms with Gasteiger partial charge >= 0.3 is 6.03 Å². The van der Waals surface area contributed by atoms with Crippen LogP contribution in [0.15, 0.2) is 42.5 Å². The summed E-state index contributed by atoms with van der Waals surface area (Å²) in [6.07, 6.45) is 2.00. The van der Waals surface area contributed by atoms with Gasteiger partial charge in [0, 0.05) is 31.1 Å². The largest absolute Gasteiger partial charge is 0.346 e. The second-order valence-electron chi connectivity index (χ2n) is 8.30. The van der Waals surface area contributed by atoms with E-state index >= 15 is 0 Å². The number of hydrogen-bond donors (Lipinski definition) is 2. The Labute approximate surface area is 179 Å². The second kappa shape index (κ2) is 9.79. The lowest BCUT2D eigenvalue weighted by Crippen LogP contribution is -2.44. The van der Waals surface area contributed by atoms with E-state index in [4.69, 9.17) is 0 Å². The van der Waals surface area contributed by atoms with Crippen molar-refractivity contribution in [3.05, 3.63) is 70.3 Å². The van der Waals surface area contributed by atoms with Crippen LogP contribution in [0.1, 0.15) is 71.3 Å². The van der Waals surface area contributed by atoms with Gasteiger partial charge in [0.25, 0.3) is 5.91 Å². The summed E-state index contributed by atoms with van der Waals surface area (Å²) in [6, 6.07) is 14.1. The van der Waals surface area contributed by atoms with Gasteiger partial charge in [-0.15, -0.1) is 0 Å². The molecule has 1 aliphatic heterocycles. The van der Waals surface area contributed by atoms with Crippen molar-refractivity contribution in [1.29, 1.82) is 0 Å². The molecule has 0 aromatic heterocycles. The summed E-state index contributed by atoms with van der Waals surface area (Å²) in [5.74, 6) is 0.187. The van der Waals surface area contributed by atoms with Crippen LogP contribution in [0.25, 0.3) is 0 Å². The molecule has 160 valence electrons. The Morgan fingerprint density at radius 1 is 1.17 bits per heavy atom. The summed E-state index contributed by atoms with van der Waals surface area (Å²) in [7, 11) is 0. The number of piperidine rings is 1. The fourth-order valence-corrected chi connectivity index (χ4v) is 4.30. The van der Waals surface area contributed by atoms with Crippen molar-refractivity contribution in [2.75, 3.05) is 19.6 Å². The summed E-state index contributed by atoms with van der Waals surface area (Å²) in [5.41, 5.74) is 5.32. The van der Waals surface area contributed by atoms with E-state index in [1.165, 1.54) is 11.1 Å². The first-order valence-electron chi connectivity index (χ1n) is 10.9. The zero-order valence-electron chi connectivity index (χ0n) is 18.5. The molecule has 2 aromatic carbocycles. The van der Waals surface area contributed by atoms with Crippen molar-refractivity contribution in [2.45, 2.75) is 52.5 Å². The van der Waals surface area contributed by atoms with Gasteiger partial charge in [-0.1, -0.05) is 35.9 Å². The van der Waals surface area contributed by atoms with E-state index in [-0.39, 0.29) is 23.9 Å². The molecule has 5 nitrogen and oxygen atoms in total. The molecule has 0 bridgehead atoms. The summed E-state index contributed by atoms with van der Waals surface area (Å²) in [6.45, 7) is 10.2. The summed E-state index contributed by atoms with van der Waals surface area (Å²) in [5, 5.41) is 6.02. The Bertz CT molecular complexity index is 909. The van der Waals surface area contributed by atoms with E-state index in [2.05, 4.69) is 48.7 Å². The third-order valence-electron chi connectivity index (χ3n) is 5.90. The lowest BCUT2D eigenvalue weighted by atomic mass is 9.89. The normalized spacial score (nSPS) is 17.3. The van der Waals surface area contributed by atoms with Crippen molar-refractivity contribution < 1.29 is 9.59 Å². The summed E-state index contributed by atoms with van der Waals surface area (Å²) < 4.78 is 0. The van der Waals surface area contributed by atoms with Crippen LogP contribution in [0.4, 0.5) is 4.79 Å². The third kappa shape index (κ3) is 5.21. The highest BCUT2D eigenvalue weighted by atomic mass is 16.2. The van der Waals surface area contributed by atoms with Crippen molar-refractivity contribution in [3.8, 4) is 0 Å². The number of likely N-dealkylation sites (tertiary alicyclic amines) is 1. The number of rotatable bonds is 5. The quantitative estimate of drug-likeness (QED) is 0.754. The maximum absolute atomic E-state index is 12.9. The number of nitrogens with zero attached hydrogens (tertiary/aromatic N) is 1. The molecule has 5 heteroatoms. The molecular weight excluding hydrogens is 374 g/mol. The van der Waals surface area contributed by atoms with Gasteiger partial charge in [-0.2, -0.15) is 0 Å². The average Bonchev–Trinajstić information content (AvgIpc) is 2.74. The number of nitrogens with one attached hydrogen (secondary N) is 2. The molecule has 3 rings (SSSR count). The number of urea groups is 1. The first-order chi connectivity index (χ1) is 14.4. The molecule has 1 aliphatic rings. The smallest absolute Gasteiger partial charge is 0.317 e. The molecule has 0 radical (unpaired) electrons. The van der Waals surface area contributed by atoms with Gasteiger partial charge in [-0.3, -0.25) is 4.79 Å². The van der Waals surface area contributed by atoms with Crippen LogP contribution in [-0.4, -0.2) is 36.5 Å². The number of carbonyl (C=O) groups excluding carboxylic acids is 2. The molecule has 3 amide bonds. The number of hydrogen-bond acceptors (Lipinski definition) is 2. The number of amides is 3. The van der Waals surface area contributed by atoms with Crippen LogP contribution in [0, 0.1) is 13.8 Å². The zero-order chi connectivity index (χ0) is 21.7. The molecule has 2 N–H and O–H groups in total. The van der Waals surface area contributed by atoms with Crippen LogP contribution in [-0.2, 0) is 0 Å². The van der Waals surface area contributed by atoms with Crippen molar-refractivity contribution in [3.63, 3.8) is 0 Å². The minimum absolute atomic E-state index is 0.00149. The Morgan fingerprint density at radius 2 is 1.97 bits per heavy atom. The average molecular weight is 408 g/mol. The fraction of sp³-hybridized carbons (Fsp3) is 0.440. The SMILES string of the molecule is CCNC(=O)N1CCCC(c2cccc(C(=O)NC(C)c3ccc(C)cc3C)c2)C1. The maximum Gasteiger partial charge on any atom is 0.317 e. The van der Waals surface area contributed by atoms with Crippen molar-refractivity contribution in [2.24, 2.45) is 0 Å². The fourth-order valence-electron chi connectivity index (χ4n) is 4.30. The molecule has 0 spiro atoms. The number of benzene rings is 2. The third-order valence-corrected chi connectivity index (χ3v) is 5.90. The van der Waals surface area contributed by atoms with E-state index in [0.717, 1.165) is 30.5 Å². The zero-order valence-corrected chi connectivity index (χ0v) is 18.5. The topological polar surface area (TPSA) is 61.4 Å². The summed E-state index contributed by atoms with van der Waals surface area (Å²) >= 11 is 0. The Balaban J connectivity index is 1.70. The second-order valence-corrected chi connectivity index (χ2v) is 8.30. The first-order valence-corrected chi connectivity index (χ1v) is 10.9. The first kappa shape index (κ1) is 21.9. The minimum atomic E-state index is -0.0688. The van der Waals surface area contributed by atoms with Crippen LogP contribution in [0.5, 0.6) is 0 Å². The molecule has 1 saturated heterocycles. The minimum Gasteiger partial charge on any atom is -0.346 e. The van der Waals surface area contributed by atoms with Gasteiger partial charge in [0.05, 0.1) is 6.04 Å². The van der Waals surface area contributed by atoms with Crippen molar-refractivity contribution >= 4 is 11.9 Å². The van der Waals surface area contributed by atoms with E-state index in [9.17, 15) is 9.59 Å². The van der Waals surface area contributed by atoms with E-state index in [1.54, 1.807) is 0 Å². The van der Waals surface area contributed by atoms with Gasteiger partial charge in [0.2, 0.25) is 0 Å². The predicted molar refractivity (Wildman–Crippen MR) is 121 cm³/mol. The standard InChI is InChI=1S/C25H33N3O2/c1-5-26-25(30)28-13-7-10-22(16-28)20-8-6-9-21(15-20)24(29)27-19(4)23-12-11-17(2)14-18(23)3/h6,8-9,11-12,14-15,19,22H,5,7,10,13,16H2,1-4H3,(H,26,30)(H,27,29). The van der Waals surface area contributed by atoms with Crippen LogP contribution < -0.4 is 10.6 Å². The van der Waals surface area contributed by atoms with E-state index in [1.807, 2.05) is 36.9 Å². The molecule has 2 aromatic rings. The predicted octanol–water partition coefficient (Wildman–Crippen LogP) is 4.70. The summed E-state index contributed by atoms with van der Waals surface area (Å²) in [4.78, 5) is 27.0. The number of aryl methyl sites for hydroxylation is 2. The highest BCUT2D eigenvalue weighted by molar-refractivity contribution is 5.94. The van der Waals surface area contributed by atoms with Crippen LogP contribution >= 0.6 is 0 Å². The number of carbonyl (C=O) groups is 2. The monoisotopic (exact) mass is 407 g/mol. The van der Waals surface area contributed by atoms with Crippen LogP contribution in [0.2, 0.25) is 0 Å². The van der Waals surface area contributed by atoms with Gasteiger partial charge in [-0.25, -0.2) is 4.79 Å². The molecule has 30 heavy (non-hydrogen) atoms. The Hall–Kier alpha value is -2.82. The lowest BCUT2D eigenvalue weighted by Gasteiger charge is -2.33. The molecular formula is C25H33N3O2. The maximum atomic E-state index is 12.9. The van der Waals surface area contributed by atoms with Crippen LogP contribution in [0.3, 0.4) is 0 Å². The van der Waals surface area contributed by atoms with E-state index < -0.39 is 0 Å². The van der Waals surface area contributed by atoms with Gasteiger partial charge in [-0.05, 0) is 69.4 Å². The highest BCUT2D eigenvalue weighted by Crippen LogP contribution is 2.28. The molecule has 2 atom stereocenters. The molecule has 0 saturated carbocycles. The molecule has 1 fully saturated rings. The van der Waals surface area contributed by atoms with Crippen molar-refractivity contribution in [1.82, 2.24) is 15.5 Å². The molecule has 2 unspecified atom stereocenters. The molecule has 0 aliphatic carbocycles. The van der Waals surface area contributed by atoms with Gasteiger partial charge in [0.15, 0.2) is 0 Å². The van der Waals surface area contributed by atoms with E-state index in [0.29, 0.717) is 18.7 Å². The Morgan fingerprint density at radius 3 is 2.70 bits per heavy atom. The lowest BCUT2D eigenvalue weighted by molar-refractivity contribution is 0.0939. The molecule has 1 heterocycles.